The van der Waals surface area contributed by atoms with Gasteiger partial charge in [0.2, 0.25) is 15.9 Å². The first-order valence-electron chi connectivity index (χ1n) is 6.31. The van der Waals surface area contributed by atoms with Crippen LogP contribution in [-0.2, 0) is 19.6 Å². The lowest BCUT2D eigenvalue weighted by atomic mass is 10.1. The molecular weight excluding hydrogens is 292 g/mol. The molecule has 0 aromatic heterocycles. The number of halogens is 1. The second-order valence-corrected chi connectivity index (χ2v) is 6.82. The molecule has 1 N–H and O–H groups in total. The average molecular weight is 313 g/mol. The third-order valence-electron chi connectivity index (χ3n) is 3.01. The molecule has 0 radical (unpaired) electrons. The first-order chi connectivity index (χ1) is 8.98. The number of nitrogens with one attached hydrogen (secondary N) is 1. The first kappa shape index (κ1) is 16.7. The van der Waals surface area contributed by atoms with Crippen LogP contribution < -0.4 is 4.72 Å². The van der Waals surface area contributed by atoms with Crippen molar-refractivity contribution in [2.45, 2.75) is 25.3 Å². The Morgan fingerprint density at radius 1 is 1.42 bits per heavy atom. The summed E-state index contributed by atoms with van der Waals surface area (Å²) in [6, 6.07) is -0.0908. The van der Waals surface area contributed by atoms with Crippen LogP contribution in [0, 0.1) is 0 Å². The third-order valence-corrected chi connectivity index (χ3v) is 4.79. The maximum absolute atomic E-state index is 11.7. The van der Waals surface area contributed by atoms with E-state index in [4.69, 9.17) is 16.3 Å². The first-order valence-corrected chi connectivity index (χ1v) is 8.50. The Kier molecular flexibility index (Phi) is 7.06. The Hall–Kier alpha value is -0.370. The van der Waals surface area contributed by atoms with Gasteiger partial charge in [0, 0.05) is 32.1 Å². The van der Waals surface area contributed by atoms with Crippen LogP contribution in [0.2, 0.25) is 0 Å². The molecule has 1 aliphatic rings. The number of alkyl halides is 1. The van der Waals surface area contributed by atoms with Gasteiger partial charge in [-0.1, -0.05) is 0 Å². The van der Waals surface area contributed by atoms with E-state index in [1.54, 1.807) is 4.90 Å². The van der Waals surface area contributed by atoms with E-state index in [2.05, 4.69) is 4.72 Å². The van der Waals surface area contributed by atoms with Crippen molar-refractivity contribution in [2.75, 3.05) is 38.4 Å². The molecule has 1 rings (SSSR count). The zero-order chi connectivity index (χ0) is 14.3. The van der Waals surface area contributed by atoms with E-state index in [9.17, 15) is 13.2 Å². The molecular formula is C11H21ClN2O4S. The van der Waals surface area contributed by atoms with Crippen LogP contribution in [0.1, 0.15) is 19.3 Å². The Morgan fingerprint density at radius 2 is 2.05 bits per heavy atom. The van der Waals surface area contributed by atoms with Gasteiger partial charge in [0.15, 0.2) is 0 Å². The number of methoxy groups -OCH3 is 1. The van der Waals surface area contributed by atoms with Gasteiger partial charge >= 0.3 is 0 Å². The molecule has 0 saturated carbocycles. The molecule has 0 spiro atoms. The molecule has 0 aliphatic carbocycles. The van der Waals surface area contributed by atoms with Crippen molar-refractivity contribution >= 4 is 27.5 Å². The van der Waals surface area contributed by atoms with Gasteiger partial charge in [-0.15, -0.1) is 11.6 Å². The number of hydrogen-bond donors (Lipinski definition) is 1. The van der Waals surface area contributed by atoms with Crippen molar-refractivity contribution in [1.82, 2.24) is 9.62 Å². The summed E-state index contributed by atoms with van der Waals surface area (Å²) in [5.41, 5.74) is 0. The van der Waals surface area contributed by atoms with E-state index < -0.39 is 10.0 Å². The van der Waals surface area contributed by atoms with Gasteiger partial charge in [-0.25, -0.2) is 13.1 Å². The molecule has 1 heterocycles. The second kappa shape index (κ2) is 8.04. The number of sulfonamides is 1. The molecule has 6 nitrogen and oxygen atoms in total. The van der Waals surface area contributed by atoms with E-state index in [0.29, 0.717) is 38.2 Å². The van der Waals surface area contributed by atoms with E-state index >= 15 is 0 Å². The Morgan fingerprint density at radius 3 is 2.58 bits per heavy atom. The van der Waals surface area contributed by atoms with Gasteiger partial charge in [0.05, 0.1) is 5.75 Å². The number of carbonyl (C=O) groups is 1. The normalized spacial score (nSPS) is 17.7. The fourth-order valence-electron chi connectivity index (χ4n) is 2.02. The highest BCUT2D eigenvalue weighted by molar-refractivity contribution is 7.89. The van der Waals surface area contributed by atoms with Crippen molar-refractivity contribution in [1.29, 1.82) is 0 Å². The smallest absolute Gasteiger partial charge is 0.248 e. The quantitative estimate of drug-likeness (QED) is 0.680. The largest absolute Gasteiger partial charge is 0.375 e. The summed E-state index contributed by atoms with van der Waals surface area (Å²) in [4.78, 5) is 13.3. The highest BCUT2D eigenvalue weighted by atomic mass is 35.5. The highest BCUT2D eigenvalue weighted by Gasteiger charge is 2.25. The fourth-order valence-corrected chi connectivity index (χ4v) is 3.70. The molecule has 8 heteroatoms. The topological polar surface area (TPSA) is 75.7 Å². The number of hydrogen-bond acceptors (Lipinski definition) is 4. The van der Waals surface area contributed by atoms with Crippen LogP contribution in [0.3, 0.4) is 0 Å². The predicted molar refractivity (Wildman–Crippen MR) is 73.7 cm³/mol. The molecule has 0 aromatic carbocycles. The van der Waals surface area contributed by atoms with Crippen molar-refractivity contribution < 1.29 is 17.9 Å². The number of carbonyl (C=O) groups excluding carboxylic acids is 1. The molecule has 19 heavy (non-hydrogen) atoms. The second-order valence-electron chi connectivity index (χ2n) is 4.57. The standard InChI is InChI=1S/C11H21ClN2O4S/c1-18-9-11(15)14-6-3-10(4-7-14)13-19(16,17)8-2-5-12/h10,13H,2-9H2,1H3. The van der Waals surface area contributed by atoms with Gasteiger partial charge < -0.3 is 9.64 Å². The lowest BCUT2D eigenvalue weighted by molar-refractivity contribution is -0.136. The summed E-state index contributed by atoms with van der Waals surface area (Å²) in [6.45, 7) is 1.20. The zero-order valence-corrected chi connectivity index (χ0v) is 12.7. The molecule has 1 amide bonds. The monoisotopic (exact) mass is 312 g/mol. The van der Waals surface area contributed by atoms with Crippen LogP contribution in [-0.4, -0.2) is 63.7 Å². The average Bonchev–Trinajstić information content (AvgIpc) is 2.37. The molecule has 0 bridgehead atoms. The van der Waals surface area contributed by atoms with Crippen LogP contribution in [0.15, 0.2) is 0 Å². The SMILES string of the molecule is COCC(=O)N1CCC(NS(=O)(=O)CCCCl)CC1. The molecule has 0 atom stereocenters. The van der Waals surface area contributed by atoms with Crippen LogP contribution >= 0.6 is 11.6 Å². The number of amides is 1. The van der Waals surface area contributed by atoms with E-state index in [1.165, 1.54) is 7.11 Å². The molecule has 0 unspecified atom stereocenters. The van der Waals surface area contributed by atoms with E-state index in [0.717, 1.165) is 0 Å². The van der Waals surface area contributed by atoms with Crippen LogP contribution in [0.4, 0.5) is 0 Å². The van der Waals surface area contributed by atoms with Crippen molar-refractivity contribution in [2.24, 2.45) is 0 Å². The Labute approximate surface area is 119 Å². The number of likely N-dealkylation sites (tertiary alicyclic amines) is 1. The third kappa shape index (κ3) is 6.07. The minimum Gasteiger partial charge on any atom is -0.375 e. The van der Waals surface area contributed by atoms with Gasteiger partial charge in [0.1, 0.15) is 6.61 Å². The van der Waals surface area contributed by atoms with Gasteiger partial charge in [-0.2, -0.15) is 0 Å². The van der Waals surface area contributed by atoms with Gasteiger partial charge in [0.25, 0.3) is 0 Å². The molecule has 1 saturated heterocycles. The summed E-state index contributed by atoms with van der Waals surface area (Å²) in [6.07, 6.45) is 1.72. The Bertz CT molecular complexity index is 380. The van der Waals surface area contributed by atoms with E-state index in [1.807, 2.05) is 0 Å². The molecule has 112 valence electrons. The number of nitrogens with zero attached hydrogens (tertiary/aromatic N) is 1. The molecule has 1 aliphatic heterocycles. The zero-order valence-electron chi connectivity index (χ0n) is 11.1. The summed E-state index contributed by atoms with van der Waals surface area (Å²) in [5.74, 6) is 0.343. The van der Waals surface area contributed by atoms with E-state index in [-0.39, 0.29) is 24.3 Å². The van der Waals surface area contributed by atoms with Crippen LogP contribution in [0.5, 0.6) is 0 Å². The minimum absolute atomic E-state index is 0.0500. The van der Waals surface area contributed by atoms with Gasteiger partial charge in [-0.05, 0) is 19.3 Å². The highest BCUT2D eigenvalue weighted by Crippen LogP contribution is 2.12. The van der Waals surface area contributed by atoms with Gasteiger partial charge in [-0.3, -0.25) is 4.79 Å². The summed E-state index contributed by atoms with van der Waals surface area (Å²) < 4.78 is 30.9. The lowest BCUT2D eigenvalue weighted by Crippen LogP contribution is -2.47. The lowest BCUT2D eigenvalue weighted by Gasteiger charge is -2.32. The van der Waals surface area contributed by atoms with Crippen LogP contribution in [0.25, 0.3) is 0 Å². The fraction of sp³-hybridized carbons (Fsp3) is 0.909. The molecule has 0 aromatic rings. The Balaban J connectivity index is 2.36. The number of ether oxygens (including phenoxy) is 1. The molecule has 1 fully saturated rings. The van der Waals surface area contributed by atoms with Crippen molar-refractivity contribution in [3.05, 3.63) is 0 Å². The number of rotatable bonds is 7. The minimum atomic E-state index is -3.25. The number of piperidine rings is 1. The van der Waals surface area contributed by atoms with Crippen molar-refractivity contribution in [3.63, 3.8) is 0 Å². The maximum Gasteiger partial charge on any atom is 0.248 e. The maximum atomic E-state index is 11.7. The summed E-state index contributed by atoms with van der Waals surface area (Å²) >= 11 is 5.49. The summed E-state index contributed by atoms with van der Waals surface area (Å²) in [5, 5.41) is 0. The summed E-state index contributed by atoms with van der Waals surface area (Å²) in [7, 11) is -1.77. The van der Waals surface area contributed by atoms with Crippen molar-refractivity contribution in [3.8, 4) is 0 Å². The predicted octanol–water partition coefficient (Wildman–Crippen LogP) is 0.172.